The normalized spacial score (nSPS) is 48.8. The number of rotatable bonds is 2. The van der Waals surface area contributed by atoms with E-state index in [2.05, 4.69) is 24.1 Å². The molecule has 1 N–H and O–H groups in total. The van der Waals surface area contributed by atoms with Crippen molar-refractivity contribution in [3.8, 4) is 0 Å². The van der Waals surface area contributed by atoms with E-state index in [1.807, 2.05) is 0 Å². The lowest BCUT2D eigenvalue weighted by molar-refractivity contribution is 0.271. The zero-order chi connectivity index (χ0) is 11.1. The Labute approximate surface area is 99.8 Å². The highest BCUT2D eigenvalue weighted by Crippen LogP contribution is 2.34. The summed E-state index contributed by atoms with van der Waals surface area (Å²) in [5.74, 6) is 1.81. The van der Waals surface area contributed by atoms with E-state index in [1.54, 1.807) is 0 Å². The van der Waals surface area contributed by atoms with Gasteiger partial charge in [0.05, 0.1) is 0 Å². The maximum atomic E-state index is 3.99. The fraction of sp³-hybridized carbons (Fsp3) is 1.00. The smallest absolute Gasteiger partial charge is 0.0250 e. The molecular formula is C14H26N2. The van der Waals surface area contributed by atoms with E-state index in [4.69, 9.17) is 0 Å². The Balaban J connectivity index is 1.59. The third-order valence-electron chi connectivity index (χ3n) is 5.50. The van der Waals surface area contributed by atoms with Gasteiger partial charge in [-0.2, -0.15) is 0 Å². The minimum Gasteiger partial charge on any atom is -0.309 e. The number of nitrogens with zero attached hydrogens (tertiary/aromatic N) is 1. The number of fused-ring (bicyclic) bond motifs is 1. The second-order valence-electron chi connectivity index (χ2n) is 6.33. The maximum Gasteiger partial charge on any atom is 0.0250 e. The Morgan fingerprint density at radius 3 is 2.56 bits per heavy atom. The Morgan fingerprint density at radius 1 is 0.938 bits per heavy atom. The highest BCUT2D eigenvalue weighted by molar-refractivity contribution is 4.98. The number of hydrogen-bond acceptors (Lipinski definition) is 2. The summed E-state index contributed by atoms with van der Waals surface area (Å²) >= 11 is 0. The second kappa shape index (κ2) is 4.30. The van der Waals surface area contributed by atoms with Crippen LogP contribution in [0.3, 0.4) is 0 Å². The third-order valence-corrected chi connectivity index (χ3v) is 5.50. The molecule has 0 amide bonds. The van der Waals surface area contributed by atoms with Crippen molar-refractivity contribution in [3.63, 3.8) is 0 Å². The van der Waals surface area contributed by atoms with Gasteiger partial charge in [-0.25, -0.2) is 0 Å². The van der Waals surface area contributed by atoms with E-state index >= 15 is 0 Å². The molecule has 1 aliphatic carbocycles. The van der Waals surface area contributed by atoms with Crippen molar-refractivity contribution in [3.05, 3.63) is 0 Å². The lowest BCUT2D eigenvalue weighted by Gasteiger charge is -2.27. The van der Waals surface area contributed by atoms with Crippen LogP contribution in [0.15, 0.2) is 0 Å². The number of hydrogen-bond donors (Lipinski definition) is 1. The standard InChI is InChI=1S/C14H26N2/c1-10-5-6-12(11(10)2)15-13-7-9-16-8-3-4-14(13)16/h10-15H,3-9H2,1-2H3. The van der Waals surface area contributed by atoms with Gasteiger partial charge in [-0.05, 0) is 50.5 Å². The molecule has 5 unspecified atom stereocenters. The average molecular weight is 222 g/mol. The predicted molar refractivity (Wildman–Crippen MR) is 67.5 cm³/mol. The number of nitrogens with one attached hydrogen (secondary N) is 1. The highest BCUT2D eigenvalue weighted by atomic mass is 15.2. The molecule has 3 fully saturated rings. The second-order valence-corrected chi connectivity index (χ2v) is 6.33. The van der Waals surface area contributed by atoms with Crippen LogP contribution in [-0.2, 0) is 0 Å². The van der Waals surface area contributed by atoms with Gasteiger partial charge in [-0.1, -0.05) is 13.8 Å². The topological polar surface area (TPSA) is 15.3 Å². The molecule has 2 heterocycles. The SMILES string of the molecule is CC1CCC(NC2CCN3CCCC23)C1C. The van der Waals surface area contributed by atoms with Crippen LogP contribution in [0.4, 0.5) is 0 Å². The summed E-state index contributed by atoms with van der Waals surface area (Å²) in [6.45, 7) is 7.57. The van der Waals surface area contributed by atoms with Gasteiger partial charge in [-0.15, -0.1) is 0 Å². The Kier molecular flexibility index (Phi) is 2.97. The van der Waals surface area contributed by atoms with Gasteiger partial charge in [0.2, 0.25) is 0 Å². The summed E-state index contributed by atoms with van der Waals surface area (Å²) in [6, 6.07) is 2.49. The van der Waals surface area contributed by atoms with Crippen LogP contribution in [0.1, 0.15) is 46.0 Å². The molecule has 92 valence electrons. The Hall–Kier alpha value is -0.0800. The first-order valence-electron chi connectivity index (χ1n) is 7.26. The Morgan fingerprint density at radius 2 is 1.81 bits per heavy atom. The summed E-state index contributed by atoms with van der Waals surface area (Å²) in [4.78, 5) is 2.71. The molecule has 1 saturated carbocycles. The van der Waals surface area contributed by atoms with Crippen molar-refractivity contribution >= 4 is 0 Å². The first-order valence-corrected chi connectivity index (χ1v) is 7.26. The van der Waals surface area contributed by atoms with Crippen molar-refractivity contribution < 1.29 is 0 Å². The van der Waals surface area contributed by atoms with Crippen LogP contribution >= 0.6 is 0 Å². The molecule has 2 heteroatoms. The fourth-order valence-electron chi connectivity index (χ4n) is 4.15. The molecule has 2 saturated heterocycles. The molecule has 0 spiro atoms. The molecule has 0 aromatic heterocycles. The quantitative estimate of drug-likeness (QED) is 0.771. The minimum atomic E-state index is 0.806. The first-order chi connectivity index (χ1) is 7.75. The van der Waals surface area contributed by atoms with Gasteiger partial charge in [0.15, 0.2) is 0 Å². The minimum absolute atomic E-state index is 0.806. The van der Waals surface area contributed by atoms with Crippen LogP contribution in [-0.4, -0.2) is 36.1 Å². The van der Waals surface area contributed by atoms with E-state index in [0.717, 1.165) is 30.0 Å². The molecule has 2 nitrogen and oxygen atoms in total. The van der Waals surface area contributed by atoms with E-state index in [0.29, 0.717) is 0 Å². The van der Waals surface area contributed by atoms with E-state index < -0.39 is 0 Å². The summed E-state index contributed by atoms with van der Waals surface area (Å²) < 4.78 is 0. The van der Waals surface area contributed by atoms with Crippen LogP contribution in [0.5, 0.6) is 0 Å². The molecule has 0 bridgehead atoms. The lowest BCUT2D eigenvalue weighted by atomic mass is 9.96. The Bertz CT molecular complexity index is 253. The van der Waals surface area contributed by atoms with Gasteiger partial charge >= 0.3 is 0 Å². The van der Waals surface area contributed by atoms with Crippen molar-refractivity contribution in [2.45, 2.75) is 64.1 Å². The third kappa shape index (κ3) is 1.80. The molecular weight excluding hydrogens is 196 g/mol. The maximum absolute atomic E-state index is 3.99. The molecule has 3 rings (SSSR count). The molecule has 0 aromatic carbocycles. The van der Waals surface area contributed by atoms with Gasteiger partial charge in [0.25, 0.3) is 0 Å². The summed E-state index contributed by atoms with van der Waals surface area (Å²) in [7, 11) is 0. The largest absolute Gasteiger partial charge is 0.309 e. The lowest BCUT2D eigenvalue weighted by Crippen LogP contribution is -2.45. The van der Waals surface area contributed by atoms with Crippen molar-refractivity contribution in [2.24, 2.45) is 11.8 Å². The van der Waals surface area contributed by atoms with Gasteiger partial charge in [-0.3, -0.25) is 4.90 Å². The molecule has 5 atom stereocenters. The average Bonchev–Trinajstić information content (AvgIpc) is 2.92. The zero-order valence-electron chi connectivity index (χ0n) is 10.8. The first kappa shape index (κ1) is 11.0. The summed E-state index contributed by atoms with van der Waals surface area (Å²) in [6.07, 6.45) is 7.10. The predicted octanol–water partition coefficient (Wildman–Crippen LogP) is 2.25. The van der Waals surface area contributed by atoms with E-state index in [1.165, 1.54) is 45.2 Å². The van der Waals surface area contributed by atoms with E-state index in [9.17, 15) is 0 Å². The van der Waals surface area contributed by atoms with Crippen LogP contribution in [0.25, 0.3) is 0 Å². The van der Waals surface area contributed by atoms with Crippen molar-refractivity contribution in [1.29, 1.82) is 0 Å². The van der Waals surface area contributed by atoms with Crippen molar-refractivity contribution in [1.82, 2.24) is 10.2 Å². The van der Waals surface area contributed by atoms with Crippen LogP contribution < -0.4 is 5.32 Å². The summed E-state index contributed by atoms with van der Waals surface area (Å²) in [5.41, 5.74) is 0. The van der Waals surface area contributed by atoms with Crippen molar-refractivity contribution in [2.75, 3.05) is 13.1 Å². The molecule has 3 aliphatic rings. The zero-order valence-corrected chi connectivity index (χ0v) is 10.8. The highest BCUT2D eigenvalue weighted by Gasteiger charge is 2.40. The fourth-order valence-corrected chi connectivity index (χ4v) is 4.15. The molecule has 0 radical (unpaired) electrons. The van der Waals surface area contributed by atoms with E-state index in [-0.39, 0.29) is 0 Å². The summed E-state index contributed by atoms with van der Waals surface area (Å²) in [5, 5.41) is 3.99. The van der Waals surface area contributed by atoms with Gasteiger partial charge in [0, 0.05) is 24.7 Å². The van der Waals surface area contributed by atoms with Gasteiger partial charge in [0.1, 0.15) is 0 Å². The molecule has 0 aromatic rings. The molecule has 2 aliphatic heterocycles. The van der Waals surface area contributed by atoms with Crippen LogP contribution in [0, 0.1) is 11.8 Å². The molecule has 16 heavy (non-hydrogen) atoms. The monoisotopic (exact) mass is 222 g/mol. The van der Waals surface area contributed by atoms with Gasteiger partial charge < -0.3 is 5.32 Å². The van der Waals surface area contributed by atoms with Crippen LogP contribution in [0.2, 0.25) is 0 Å².